The van der Waals surface area contributed by atoms with Crippen LogP contribution in [0.4, 0.5) is 0 Å². The Bertz CT molecular complexity index is 1570. The molecule has 17 nitrogen and oxygen atoms in total. The number of phenolic OH excluding ortho intramolecular Hbond substituents is 2. The number of benzene rings is 2. The standard InChI is InChI=1S/C28H32O17/c1-40-13-4-9(2-3-11(13)31)25-26(45-28-24(39)22(37)19(34)16(8-30)44-28)20(35)17-12(32)5-10(6-14(17)42-25)41-27-23(38)21(36)18(33)15(7-29)43-27/h2-6,15-16,18-19,21-24,27-34,36-39H,7-8H2,1H3/t15-,16+,18+,19+,21+,22-,23-,24+,27-,28-/m0/s1. The highest BCUT2D eigenvalue weighted by Gasteiger charge is 2.46. The summed E-state index contributed by atoms with van der Waals surface area (Å²) in [7, 11) is 1.27. The molecule has 246 valence electrons. The predicted octanol–water partition coefficient (Wildman–Crippen LogP) is -2.76. The largest absolute Gasteiger partial charge is 0.507 e. The van der Waals surface area contributed by atoms with Gasteiger partial charge in [0.25, 0.3) is 0 Å². The van der Waals surface area contributed by atoms with Crippen molar-refractivity contribution in [3.05, 3.63) is 40.6 Å². The van der Waals surface area contributed by atoms with Crippen molar-refractivity contribution in [3.63, 3.8) is 0 Å². The third kappa shape index (κ3) is 5.98. The normalized spacial score (nSPS) is 31.9. The van der Waals surface area contributed by atoms with Crippen molar-refractivity contribution in [2.45, 2.75) is 61.4 Å². The summed E-state index contributed by atoms with van der Waals surface area (Å²) >= 11 is 0. The van der Waals surface area contributed by atoms with Crippen LogP contribution in [0.25, 0.3) is 22.3 Å². The third-order valence-corrected chi connectivity index (χ3v) is 7.53. The average Bonchev–Trinajstić information content (AvgIpc) is 3.02. The highest BCUT2D eigenvalue weighted by molar-refractivity contribution is 5.88. The fourth-order valence-electron chi connectivity index (χ4n) is 5.02. The van der Waals surface area contributed by atoms with Crippen LogP contribution in [-0.2, 0) is 9.47 Å². The minimum absolute atomic E-state index is 0.0448. The van der Waals surface area contributed by atoms with E-state index < -0.39 is 96.9 Å². The van der Waals surface area contributed by atoms with Gasteiger partial charge in [0.05, 0.1) is 20.3 Å². The van der Waals surface area contributed by atoms with Crippen LogP contribution in [0, 0.1) is 0 Å². The summed E-state index contributed by atoms with van der Waals surface area (Å²) in [5.74, 6) is -2.30. The van der Waals surface area contributed by atoms with Crippen LogP contribution >= 0.6 is 0 Å². The van der Waals surface area contributed by atoms with E-state index in [9.17, 15) is 55.9 Å². The number of aliphatic hydroxyl groups excluding tert-OH is 8. The van der Waals surface area contributed by atoms with Gasteiger partial charge in [0, 0.05) is 17.7 Å². The first-order valence-corrected chi connectivity index (χ1v) is 13.6. The first-order valence-electron chi connectivity index (χ1n) is 13.6. The lowest BCUT2D eigenvalue weighted by molar-refractivity contribution is -0.277. The number of ether oxygens (including phenoxy) is 5. The van der Waals surface area contributed by atoms with E-state index in [1.807, 2.05) is 0 Å². The highest BCUT2D eigenvalue weighted by Crippen LogP contribution is 2.40. The Morgan fingerprint density at radius 2 is 1.31 bits per heavy atom. The van der Waals surface area contributed by atoms with Gasteiger partial charge in [-0.3, -0.25) is 4.79 Å². The Morgan fingerprint density at radius 1 is 0.733 bits per heavy atom. The number of hydrogen-bond acceptors (Lipinski definition) is 17. The monoisotopic (exact) mass is 640 g/mol. The number of rotatable bonds is 8. The van der Waals surface area contributed by atoms with E-state index in [0.717, 1.165) is 12.1 Å². The second-order valence-corrected chi connectivity index (χ2v) is 10.4. The summed E-state index contributed by atoms with van der Waals surface area (Å²) in [6.07, 6.45) is -16.8. The van der Waals surface area contributed by atoms with Gasteiger partial charge in [0.1, 0.15) is 71.3 Å². The van der Waals surface area contributed by atoms with Gasteiger partial charge in [-0.25, -0.2) is 0 Å². The number of phenols is 2. The van der Waals surface area contributed by atoms with Crippen LogP contribution < -0.4 is 19.6 Å². The van der Waals surface area contributed by atoms with Gasteiger partial charge in [-0.05, 0) is 18.2 Å². The van der Waals surface area contributed by atoms with Crippen molar-refractivity contribution in [2.24, 2.45) is 0 Å². The van der Waals surface area contributed by atoms with Gasteiger partial charge in [-0.15, -0.1) is 0 Å². The number of methoxy groups -OCH3 is 1. The molecule has 2 aliphatic rings. The lowest BCUT2D eigenvalue weighted by atomic mass is 9.99. The zero-order valence-corrected chi connectivity index (χ0v) is 23.4. The second-order valence-electron chi connectivity index (χ2n) is 10.4. The Labute approximate surface area is 252 Å². The zero-order chi connectivity index (χ0) is 32.7. The summed E-state index contributed by atoms with van der Waals surface area (Å²) in [5.41, 5.74) is -1.27. The molecule has 0 amide bonds. The first kappa shape index (κ1) is 32.6. The molecule has 0 unspecified atom stereocenters. The van der Waals surface area contributed by atoms with Crippen LogP contribution in [0.2, 0.25) is 0 Å². The van der Waals surface area contributed by atoms with Gasteiger partial charge < -0.3 is 79.2 Å². The van der Waals surface area contributed by atoms with Gasteiger partial charge in [0.2, 0.25) is 23.8 Å². The van der Waals surface area contributed by atoms with Crippen molar-refractivity contribution in [1.29, 1.82) is 0 Å². The second kappa shape index (κ2) is 12.9. The highest BCUT2D eigenvalue weighted by atomic mass is 16.7. The Hall–Kier alpha value is -3.75. The molecule has 2 saturated heterocycles. The summed E-state index contributed by atoms with van der Waals surface area (Å²) in [5, 5.41) is 101. The molecular formula is C28H32O17. The maximum Gasteiger partial charge on any atom is 0.239 e. The van der Waals surface area contributed by atoms with E-state index in [1.54, 1.807) is 0 Å². The molecule has 5 rings (SSSR count). The van der Waals surface area contributed by atoms with E-state index in [0.29, 0.717) is 0 Å². The van der Waals surface area contributed by atoms with Crippen molar-refractivity contribution in [1.82, 2.24) is 0 Å². The molecule has 10 atom stereocenters. The van der Waals surface area contributed by atoms with E-state index in [1.165, 1.54) is 25.3 Å². The van der Waals surface area contributed by atoms with Crippen LogP contribution in [-0.4, -0.2) is 133 Å². The maximum atomic E-state index is 13.8. The lowest BCUT2D eigenvalue weighted by Gasteiger charge is -2.39. The molecule has 2 aliphatic heterocycles. The van der Waals surface area contributed by atoms with E-state index >= 15 is 0 Å². The molecule has 0 saturated carbocycles. The van der Waals surface area contributed by atoms with E-state index in [2.05, 4.69) is 0 Å². The van der Waals surface area contributed by atoms with E-state index in [4.69, 9.17) is 28.1 Å². The Morgan fingerprint density at radius 3 is 1.87 bits per heavy atom. The van der Waals surface area contributed by atoms with Crippen LogP contribution in [0.3, 0.4) is 0 Å². The van der Waals surface area contributed by atoms with Crippen molar-refractivity contribution in [2.75, 3.05) is 20.3 Å². The van der Waals surface area contributed by atoms with Gasteiger partial charge in [-0.2, -0.15) is 0 Å². The molecule has 2 fully saturated rings. The van der Waals surface area contributed by atoms with Gasteiger partial charge in [-0.1, -0.05) is 0 Å². The number of aliphatic hydroxyl groups is 8. The Balaban J connectivity index is 1.61. The molecule has 1 aromatic heterocycles. The summed E-state index contributed by atoms with van der Waals surface area (Å²) in [6.45, 7) is -1.50. The summed E-state index contributed by atoms with van der Waals surface area (Å²) < 4.78 is 33.1. The van der Waals surface area contributed by atoms with E-state index in [-0.39, 0.29) is 34.2 Å². The van der Waals surface area contributed by atoms with Crippen molar-refractivity contribution < 1.29 is 79.2 Å². The fourth-order valence-corrected chi connectivity index (χ4v) is 5.02. The van der Waals surface area contributed by atoms with Crippen LogP contribution in [0.1, 0.15) is 0 Å². The minimum atomic E-state index is -1.91. The molecule has 0 radical (unpaired) electrons. The molecule has 0 aliphatic carbocycles. The fraction of sp³-hybridized carbons (Fsp3) is 0.464. The van der Waals surface area contributed by atoms with Gasteiger partial charge in [0.15, 0.2) is 17.3 Å². The number of fused-ring (bicyclic) bond motifs is 1. The maximum absolute atomic E-state index is 13.8. The molecule has 10 N–H and O–H groups in total. The topological polar surface area (TPSA) is 279 Å². The lowest BCUT2D eigenvalue weighted by Crippen LogP contribution is -2.60. The summed E-state index contributed by atoms with van der Waals surface area (Å²) in [4.78, 5) is 13.8. The van der Waals surface area contributed by atoms with Gasteiger partial charge >= 0.3 is 0 Å². The molecule has 3 aromatic rings. The van der Waals surface area contributed by atoms with Crippen molar-refractivity contribution >= 4 is 11.0 Å². The van der Waals surface area contributed by atoms with Crippen LogP contribution in [0.15, 0.2) is 39.5 Å². The van der Waals surface area contributed by atoms with Crippen LogP contribution in [0.5, 0.6) is 28.7 Å². The summed E-state index contributed by atoms with van der Waals surface area (Å²) in [6, 6.07) is 5.87. The van der Waals surface area contributed by atoms with Crippen molar-refractivity contribution in [3.8, 4) is 40.1 Å². The number of hydrogen-bond donors (Lipinski definition) is 10. The number of aromatic hydroxyl groups is 2. The third-order valence-electron chi connectivity index (χ3n) is 7.53. The molecule has 45 heavy (non-hydrogen) atoms. The predicted molar refractivity (Wildman–Crippen MR) is 147 cm³/mol. The molecule has 0 bridgehead atoms. The molecular weight excluding hydrogens is 608 g/mol. The average molecular weight is 641 g/mol. The Kier molecular flexibility index (Phi) is 9.38. The SMILES string of the molecule is COc1cc(-c2oc3cc(O[C@H]4O[C@@H](CO)[C@@H](O)[C@@H](O)[C@@H]4O)cc(O)c3c(=O)c2O[C@@H]2O[C@H](CO)[C@@H](O)[C@H](O)[C@H]2O)ccc1O. The zero-order valence-electron chi connectivity index (χ0n) is 23.4. The molecule has 17 heteroatoms. The quantitative estimate of drug-likeness (QED) is 0.119. The minimum Gasteiger partial charge on any atom is -0.507 e. The molecule has 3 heterocycles. The smallest absolute Gasteiger partial charge is 0.239 e. The first-order chi connectivity index (χ1) is 21.4. The molecule has 0 spiro atoms. The molecule has 2 aromatic carbocycles.